The third kappa shape index (κ3) is 3.57. The zero-order valence-electron chi connectivity index (χ0n) is 13.6. The second-order valence-corrected chi connectivity index (χ2v) is 5.59. The zero-order valence-corrected chi connectivity index (χ0v) is 13.6. The molecule has 1 aromatic carbocycles. The van der Waals surface area contributed by atoms with Crippen molar-refractivity contribution in [1.82, 2.24) is 10.2 Å². The van der Waals surface area contributed by atoms with Crippen LogP contribution in [-0.2, 0) is 4.74 Å². The van der Waals surface area contributed by atoms with Crippen LogP contribution < -0.4 is 10.1 Å². The molecule has 1 heterocycles. The molecule has 21 heavy (non-hydrogen) atoms. The molecule has 0 aliphatic carbocycles. The van der Waals surface area contributed by atoms with Crippen molar-refractivity contribution in [2.24, 2.45) is 0 Å². The van der Waals surface area contributed by atoms with Gasteiger partial charge in [-0.05, 0) is 26.1 Å². The van der Waals surface area contributed by atoms with Gasteiger partial charge in [-0.3, -0.25) is 4.90 Å². The van der Waals surface area contributed by atoms with Gasteiger partial charge in [0.2, 0.25) is 0 Å². The second-order valence-electron chi connectivity index (χ2n) is 5.59. The van der Waals surface area contributed by atoms with Crippen LogP contribution in [0.1, 0.15) is 32.4 Å². The summed E-state index contributed by atoms with van der Waals surface area (Å²) in [6, 6.07) is 9.36. The molecule has 0 saturated carbocycles. The van der Waals surface area contributed by atoms with Crippen LogP contribution in [-0.4, -0.2) is 50.4 Å². The summed E-state index contributed by atoms with van der Waals surface area (Å²) in [5, 5.41) is 3.64. The predicted molar refractivity (Wildman–Crippen MR) is 85.9 cm³/mol. The molecule has 0 amide bonds. The molecule has 3 unspecified atom stereocenters. The number of likely N-dealkylation sites (N-methyl/N-ethyl adjacent to an activating group) is 2. The summed E-state index contributed by atoms with van der Waals surface area (Å²) < 4.78 is 11.3. The molecule has 1 aromatic rings. The molecule has 0 saturated heterocycles. The first-order valence-corrected chi connectivity index (χ1v) is 7.92. The summed E-state index contributed by atoms with van der Waals surface area (Å²) in [6.45, 7) is 9.98. The van der Waals surface area contributed by atoms with E-state index in [1.54, 1.807) is 7.11 Å². The Hall–Kier alpha value is -1.10. The van der Waals surface area contributed by atoms with Crippen LogP contribution in [0.2, 0.25) is 0 Å². The highest BCUT2D eigenvalue weighted by atomic mass is 16.5. The number of methoxy groups -OCH3 is 1. The number of hydrogen-bond acceptors (Lipinski definition) is 4. The SMILES string of the molecule is CCNC1c2ccccc2OCC1N(CC)C(C)COC. The Kier molecular flexibility index (Phi) is 6.03. The molecule has 1 aliphatic rings. The topological polar surface area (TPSA) is 33.7 Å². The van der Waals surface area contributed by atoms with Crippen LogP contribution in [0.3, 0.4) is 0 Å². The van der Waals surface area contributed by atoms with Crippen molar-refractivity contribution in [2.75, 3.05) is 33.4 Å². The van der Waals surface area contributed by atoms with E-state index in [1.165, 1.54) is 5.56 Å². The van der Waals surface area contributed by atoms with E-state index in [0.29, 0.717) is 18.1 Å². The fourth-order valence-electron chi connectivity index (χ4n) is 3.31. The Balaban J connectivity index is 2.26. The maximum Gasteiger partial charge on any atom is 0.124 e. The first kappa shape index (κ1) is 16.3. The van der Waals surface area contributed by atoms with Crippen LogP contribution in [0.5, 0.6) is 5.75 Å². The van der Waals surface area contributed by atoms with E-state index in [4.69, 9.17) is 9.47 Å². The van der Waals surface area contributed by atoms with Gasteiger partial charge in [0, 0.05) is 18.7 Å². The normalized spacial score (nSPS) is 22.7. The van der Waals surface area contributed by atoms with Gasteiger partial charge in [0.1, 0.15) is 12.4 Å². The molecule has 0 aromatic heterocycles. The Labute approximate surface area is 128 Å². The van der Waals surface area contributed by atoms with Crippen molar-refractivity contribution in [3.8, 4) is 5.75 Å². The lowest BCUT2D eigenvalue weighted by Crippen LogP contribution is -2.54. The standard InChI is InChI=1S/C17H28N2O2/c1-5-18-17-14-9-7-8-10-16(14)21-12-15(17)19(6-2)13(3)11-20-4/h7-10,13,15,17-18H,5-6,11-12H2,1-4H3. The van der Waals surface area contributed by atoms with Gasteiger partial charge in [0.15, 0.2) is 0 Å². The summed E-state index contributed by atoms with van der Waals surface area (Å²) in [7, 11) is 1.76. The summed E-state index contributed by atoms with van der Waals surface area (Å²) >= 11 is 0. The summed E-state index contributed by atoms with van der Waals surface area (Å²) in [4.78, 5) is 2.48. The lowest BCUT2D eigenvalue weighted by molar-refractivity contribution is 0.0284. The summed E-state index contributed by atoms with van der Waals surface area (Å²) in [5.74, 6) is 1.01. The van der Waals surface area contributed by atoms with Crippen LogP contribution in [0, 0.1) is 0 Å². The van der Waals surface area contributed by atoms with Crippen LogP contribution >= 0.6 is 0 Å². The molecule has 4 heteroatoms. The molecular formula is C17H28N2O2. The van der Waals surface area contributed by atoms with Gasteiger partial charge in [-0.15, -0.1) is 0 Å². The third-order valence-electron chi connectivity index (χ3n) is 4.24. The molecule has 3 atom stereocenters. The zero-order chi connectivity index (χ0) is 15.2. The maximum absolute atomic E-state index is 6.00. The Morgan fingerprint density at radius 1 is 1.38 bits per heavy atom. The largest absolute Gasteiger partial charge is 0.492 e. The Morgan fingerprint density at radius 2 is 2.14 bits per heavy atom. The highest BCUT2D eigenvalue weighted by Crippen LogP contribution is 2.34. The van der Waals surface area contributed by atoms with Gasteiger partial charge >= 0.3 is 0 Å². The van der Waals surface area contributed by atoms with Gasteiger partial charge in [0.05, 0.1) is 18.7 Å². The van der Waals surface area contributed by atoms with E-state index in [1.807, 2.05) is 6.07 Å². The van der Waals surface area contributed by atoms with Crippen LogP contribution in [0.15, 0.2) is 24.3 Å². The first-order chi connectivity index (χ1) is 10.2. The fourth-order valence-corrected chi connectivity index (χ4v) is 3.31. The number of ether oxygens (including phenoxy) is 2. The van der Waals surface area contributed by atoms with E-state index in [9.17, 15) is 0 Å². The molecular weight excluding hydrogens is 264 g/mol. The smallest absolute Gasteiger partial charge is 0.124 e. The van der Waals surface area contributed by atoms with E-state index < -0.39 is 0 Å². The maximum atomic E-state index is 6.00. The number of hydrogen-bond donors (Lipinski definition) is 1. The average molecular weight is 292 g/mol. The van der Waals surface area contributed by atoms with Gasteiger partial charge in [-0.2, -0.15) is 0 Å². The number of nitrogens with one attached hydrogen (secondary N) is 1. The number of rotatable bonds is 7. The fraction of sp³-hybridized carbons (Fsp3) is 0.647. The van der Waals surface area contributed by atoms with E-state index in [0.717, 1.165) is 32.1 Å². The minimum Gasteiger partial charge on any atom is -0.492 e. The third-order valence-corrected chi connectivity index (χ3v) is 4.24. The molecule has 0 spiro atoms. The van der Waals surface area contributed by atoms with Gasteiger partial charge in [-0.1, -0.05) is 32.0 Å². The Morgan fingerprint density at radius 3 is 2.81 bits per heavy atom. The molecule has 0 bridgehead atoms. The second kappa shape index (κ2) is 7.78. The molecule has 0 fully saturated rings. The highest BCUT2D eigenvalue weighted by Gasteiger charge is 2.35. The summed E-state index contributed by atoms with van der Waals surface area (Å²) in [5.41, 5.74) is 1.26. The molecule has 1 N–H and O–H groups in total. The van der Waals surface area contributed by atoms with Gasteiger partial charge in [-0.25, -0.2) is 0 Å². The van der Waals surface area contributed by atoms with Crippen LogP contribution in [0.25, 0.3) is 0 Å². The van der Waals surface area contributed by atoms with E-state index >= 15 is 0 Å². The minimum absolute atomic E-state index is 0.305. The molecule has 118 valence electrons. The molecule has 4 nitrogen and oxygen atoms in total. The lowest BCUT2D eigenvalue weighted by atomic mass is 9.94. The number of fused-ring (bicyclic) bond motifs is 1. The van der Waals surface area contributed by atoms with Crippen molar-refractivity contribution in [1.29, 1.82) is 0 Å². The Bertz CT molecular complexity index is 439. The quantitative estimate of drug-likeness (QED) is 0.837. The lowest BCUT2D eigenvalue weighted by Gasteiger charge is -2.43. The van der Waals surface area contributed by atoms with Crippen molar-refractivity contribution >= 4 is 0 Å². The average Bonchev–Trinajstić information content (AvgIpc) is 2.50. The predicted octanol–water partition coefficient (Wildman–Crippen LogP) is 2.46. The van der Waals surface area contributed by atoms with Crippen molar-refractivity contribution in [3.63, 3.8) is 0 Å². The summed E-state index contributed by atoms with van der Waals surface area (Å²) in [6.07, 6.45) is 0. The van der Waals surface area contributed by atoms with E-state index in [2.05, 4.69) is 49.2 Å². The molecule has 2 rings (SSSR count). The molecule has 1 aliphatic heterocycles. The highest BCUT2D eigenvalue weighted by molar-refractivity contribution is 5.38. The van der Waals surface area contributed by atoms with Crippen LogP contribution in [0.4, 0.5) is 0 Å². The number of nitrogens with zero attached hydrogens (tertiary/aromatic N) is 1. The first-order valence-electron chi connectivity index (χ1n) is 7.92. The number of benzene rings is 1. The van der Waals surface area contributed by atoms with Crippen molar-refractivity contribution in [3.05, 3.63) is 29.8 Å². The monoisotopic (exact) mass is 292 g/mol. The molecule has 0 radical (unpaired) electrons. The van der Waals surface area contributed by atoms with Crippen molar-refractivity contribution < 1.29 is 9.47 Å². The van der Waals surface area contributed by atoms with Gasteiger partial charge in [0.25, 0.3) is 0 Å². The number of para-hydroxylation sites is 1. The van der Waals surface area contributed by atoms with Crippen molar-refractivity contribution in [2.45, 2.75) is 38.9 Å². The minimum atomic E-state index is 0.305. The van der Waals surface area contributed by atoms with E-state index in [-0.39, 0.29) is 0 Å². The van der Waals surface area contributed by atoms with Gasteiger partial charge < -0.3 is 14.8 Å².